The number of Topliss-reactive ketones (excluding diaryl/α,β-unsaturated/α-hetero) is 1. The number of hydrogen-bond acceptors (Lipinski definition) is 8. The van der Waals surface area contributed by atoms with Crippen molar-refractivity contribution in [2.24, 2.45) is 34.3 Å². The minimum Gasteiger partial charge on any atom is -0.434 e. The van der Waals surface area contributed by atoms with E-state index in [0.717, 1.165) is 12.8 Å². The lowest BCUT2D eigenvalue weighted by atomic mass is 9.44. The highest BCUT2D eigenvalue weighted by Crippen LogP contribution is 2.70. The first-order valence-electron chi connectivity index (χ1n) is 13.4. The van der Waals surface area contributed by atoms with Crippen LogP contribution in [0.3, 0.4) is 0 Å². The van der Waals surface area contributed by atoms with E-state index in [1.807, 2.05) is 0 Å². The zero-order valence-corrected chi connectivity index (χ0v) is 23.2. The van der Waals surface area contributed by atoms with Crippen LogP contribution in [-0.2, 0) is 19.1 Å². The number of halogens is 2. The highest BCUT2D eigenvalue weighted by atomic mass is 35.5. The number of carbonyl (C=O) groups excluding carboxylic acids is 3. The number of allylic oxidation sites excluding steroid dienone is 4. The van der Waals surface area contributed by atoms with Gasteiger partial charge in [0.15, 0.2) is 18.1 Å². The Morgan fingerprint density at radius 3 is 2.58 bits per heavy atom. The number of ketones is 2. The van der Waals surface area contributed by atoms with Crippen molar-refractivity contribution >= 4 is 30.1 Å². The molecule has 4 aliphatic carbocycles. The van der Waals surface area contributed by atoms with Crippen LogP contribution in [0, 0.1) is 28.6 Å². The molecule has 4 aliphatic rings. The molecule has 38 heavy (non-hydrogen) atoms. The quantitative estimate of drug-likeness (QED) is 0.304. The molecule has 8 atom stereocenters. The number of aliphatic hydroxyl groups is 2. The molecular formula is C28H41ClFNO7. The number of aliphatic hydroxyl groups excluding tert-OH is 1. The molecule has 4 N–H and O–H groups in total. The fourth-order valence-corrected chi connectivity index (χ4v) is 8.00. The topological polar surface area (TPSA) is 136 Å². The third kappa shape index (κ3) is 4.43. The highest BCUT2D eigenvalue weighted by Gasteiger charge is 2.75. The molecule has 0 aromatic heterocycles. The molecule has 0 radical (unpaired) electrons. The van der Waals surface area contributed by atoms with E-state index in [4.69, 9.17) is 15.2 Å². The van der Waals surface area contributed by atoms with Gasteiger partial charge in [0.1, 0.15) is 5.60 Å². The number of alkyl halides is 1. The van der Waals surface area contributed by atoms with E-state index in [2.05, 4.69) is 0 Å². The van der Waals surface area contributed by atoms with Gasteiger partial charge >= 0.3 is 6.16 Å². The zero-order chi connectivity index (χ0) is 27.2. The summed E-state index contributed by atoms with van der Waals surface area (Å²) in [5.74, 6) is -2.40. The van der Waals surface area contributed by atoms with Crippen LogP contribution >= 0.6 is 12.4 Å². The first-order valence-corrected chi connectivity index (χ1v) is 13.4. The standard InChI is InChI=1S/C28H40FNO7.ClH/c1-17-13-21-20-8-7-18-14-19(31)9-10-25(18,2)27(20,29)22(32)15-26(21,3)28(17,35)23(33)16-37-24(34)36-12-6-4-5-11-30;/h9-10,14,17,20-22,32,35H,4-8,11-13,15-16,30H2,1-3H3;1H/t17-,20+,21+,22+,25+,26+,27+,28+;/m1./s1. The summed E-state index contributed by atoms with van der Waals surface area (Å²) >= 11 is 0. The van der Waals surface area contributed by atoms with E-state index >= 15 is 4.39 Å². The minimum absolute atomic E-state index is 0. The van der Waals surface area contributed by atoms with E-state index in [1.165, 1.54) is 12.2 Å². The average Bonchev–Trinajstić information content (AvgIpc) is 3.05. The third-order valence-electron chi connectivity index (χ3n) is 10.0. The van der Waals surface area contributed by atoms with Crippen LogP contribution in [0.2, 0.25) is 0 Å². The Morgan fingerprint density at radius 1 is 1.18 bits per heavy atom. The van der Waals surface area contributed by atoms with Crippen LogP contribution < -0.4 is 5.73 Å². The van der Waals surface area contributed by atoms with Gasteiger partial charge in [-0.1, -0.05) is 25.5 Å². The van der Waals surface area contributed by atoms with Gasteiger partial charge in [0.25, 0.3) is 0 Å². The lowest BCUT2D eigenvalue weighted by molar-refractivity contribution is -0.219. The van der Waals surface area contributed by atoms with E-state index in [1.54, 1.807) is 26.8 Å². The largest absolute Gasteiger partial charge is 0.508 e. The van der Waals surface area contributed by atoms with Crippen LogP contribution in [-0.4, -0.2) is 65.1 Å². The summed E-state index contributed by atoms with van der Waals surface area (Å²) in [6.45, 7) is 5.26. The predicted octanol–water partition coefficient (Wildman–Crippen LogP) is 3.61. The number of hydrogen-bond donors (Lipinski definition) is 3. The molecule has 3 saturated carbocycles. The minimum atomic E-state index is -2.04. The first-order chi connectivity index (χ1) is 17.4. The van der Waals surface area contributed by atoms with Crippen molar-refractivity contribution in [2.75, 3.05) is 19.8 Å². The van der Waals surface area contributed by atoms with Gasteiger partial charge < -0.3 is 25.4 Å². The molecule has 0 aromatic rings. The van der Waals surface area contributed by atoms with E-state index < -0.39 is 58.6 Å². The number of ether oxygens (including phenoxy) is 2. The Bertz CT molecular complexity index is 1020. The summed E-state index contributed by atoms with van der Waals surface area (Å²) < 4.78 is 27.2. The Morgan fingerprint density at radius 2 is 1.89 bits per heavy atom. The van der Waals surface area contributed by atoms with Crippen molar-refractivity contribution < 1.29 is 38.5 Å². The van der Waals surface area contributed by atoms with Crippen molar-refractivity contribution in [2.45, 2.75) is 83.1 Å². The smallest absolute Gasteiger partial charge is 0.434 e. The zero-order valence-electron chi connectivity index (χ0n) is 22.4. The predicted molar refractivity (Wildman–Crippen MR) is 140 cm³/mol. The molecule has 4 rings (SSSR count). The summed E-state index contributed by atoms with van der Waals surface area (Å²) in [6, 6.07) is 0. The van der Waals surface area contributed by atoms with Crippen molar-refractivity contribution in [1.82, 2.24) is 0 Å². The second kappa shape index (κ2) is 11.0. The van der Waals surface area contributed by atoms with Gasteiger partial charge in [-0.15, -0.1) is 12.4 Å². The van der Waals surface area contributed by atoms with Crippen LogP contribution in [0.15, 0.2) is 23.8 Å². The fraction of sp³-hybridized carbons (Fsp3) is 0.750. The first kappa shape index (κ1) is 30.7. The number of fused-ring (bicyclic) bond motifs is 5. The molecule has 0 saturated heterocycles. The maximum absolute atomic E-state index is 17.2. The molecule has 10 heteroatoms. The molecule has 214 valence electrons. The normalized spacial score (nSPS) is 41.2. The van der Waals surface area contributed by atoms with Gasteiger partial charge in [0.05, 0.1) is 12.7 Å². The number of carbonyl (C=O) groups is 3. The molecule has 0 unspecified atom stereocenters. The van der Waals surface area contributed by atoms with Crippen LogP contribution in [0.1, 0.15) is 65.7 Å². The second-order valence-corrected chi connectivity index (χ2v) is 11.8. The fourth-order valence-electron chi connectivity index (χ4n) is 8.00. The van der Waals surface area contributed by atoms with Crippen molar-refractivity contribution in [3.05, 3.63) is 23.8 Å². The molecule has 0 amide bonds. The summed E-state index contributed by atoms with van der Waals surface area (Å²) in [7, 11) is 0. The second-order valence-electron chi connectivity index (χ2n) is 11.8. The van der Waals surface area contributed by atoms with Crippen molar-refractivity contribution in [1.29, 1.82) is 0 Å². The van der Waals surface area contributed by atoms with Crippen LogP contribution in [0.5, 0.6) is 0 Å². The summed E-state index contributed by atoms with van der Waals surface area (Å²) in [6.07, 6.45) is 5.39. The highest BCUT2D eigenvalue weighted by molar-refractivity contribution is 6.01. The Hall–Kier alpha value is -1.81. The molecule has 0 heterocycles. The number of rotatable bonds is 8. The number of nitrogens with two attached hydrogens (primary N) is 1. The molecule has 0 bridgehead atoms. The van der Waals surface area contributed by atoms with Gasteiger partial charge in [-0.3, -0.25) is 9.59 Å². The average molecular weight is 558 g/mol. The molecule has 0 aromatic carbocycles. The molecule has 0 aliphatic heterocycles. The third-order valence-corrected chi connectivity index (χ3v) is 10.0. The Kier molecular flexibility index (Phi) is 8.88. The maximum atomic E-state index is 17.2. The molecule has 8 nitrogen and oxygen atoms in total. The van der Waals surface area contributed by atoms with Crippen LogP contribution in [0.25, 0.3) is 0 Å². The summed E-state index contributed by atoms with van der Waals surface area (Å²) in [5, 5.41) is 23.3. The summed E-state index contributed by atoms with van der Waals surface area (Å²) in [4.78, 5) is 37.4. The van der Waals surface area contributed by atoms with Gasteiger partial charge in [-0.25, -0.2) is 9.18 Å². The van der Waals surface area contributed by atoms with Crippen LogP contribution in [0.4, 0.5) is 9.18 Å². The van der Waals surface area contributed by atoms with Gasteiger partial charge in [-0.2, -0.15) is 0 Å². The van der Waals surface area contributed by atoms with E-state index in [-0.39, 0.29) is 37.1 Å². The number of unbranched alkanes of at least 4 members (excludes halogenated alkanes) is 2. The Balaban J connectivity index is 0.00000400. The Labute approximate surface area is 229 Å². The van der Waals surface area contributed by atoms with Crippen molar-refractivity contribution in [3.8, 4) is 0 Å². The maximum Gasteiger partial charge on any atom is 0.508 e. The lowest BCUT2D eigenvalue weighted by Gasteiger charge is -2.62. The van der Waals surface area contributed by atoms with Gasteiger partial charge in [0, 0.05) is 16.7 Å². The molecule has 0 spiro atoms. The van der Waals surface area contributed by atoms with E-state index in [9.17, 15) is 24.6 Å². The summed E-state index contributed by atoms with van der Waals surface area (Å²) in [5.41, 5.74) is -0.103. The van der Waals surface area contributed by atoms with Crippen molar-refractivity contribution in [3.63, 3.8) is 0 Å². The van der Waals surface area contributed by atoms with Gasteiger partial charge in [-0.05, 0) is 82.4 Å². The monoisotopic (exact) mass is 557 g/mol. The molecular weight excluding hydrogens is 517 g/mol. The lowest BCUT2D eigenvalue weighted by Crippen LogP contribution is -2.69. The SMILES string of the molecule is C[C@@H]1C[C@H]2[C@@H]3CCC4=CC(=O)C=C[C@]4(C)[C@@]3(F)[C@@H](O)C[C@]2(C)[C@@]1(O)C(=O)COC(=O)OCCCCCN.Cl. The van der Waals surface area contributed by atoms with E-state index in [0.29, 0.717) is 37.8 Å². The van der Waals surface area contributed by atoms with Gasteiger partial charge in [0.2, 0.25) is 5.78 Å². The molecule has 3 fully saturated rings.